The molecule has 21 heavy (non-hydrogen) atoms. The number of hydrogen-bond acceptors (Lipinski definition) is 2. The third-order valence-corrected chi connectivity index (χ3v) is 3.71. The van der Waals surface area contributed by atoms with Crippen LogP contribution in [0.4, 0.5) is 10.1 Å². The second-order valence-corrected chi connectivity index (χ2v) is 5.32. The third-order valence-electron chi connectivity index (χ3n) is 3.06. The molecule has 0 atom stereocenters. The van der Waals surface area contributed by atoms with Crippen molar-refractivity contribution >= 4 is 38.4 Å². The van der Waals surface area contributed by atoms with Gasteiger partial charge in [0.05, 0.1) is 15.7 Å². The normalized spacial score (nSPS) is 10.6. The van der Waals surface area contributed by atoms with E-state index in [2.05, 4.69) is 26.2 Å². The minimum absolute atomic E-state index is 0.253. The van der Waals surface area contributed by atoms with Gasteiger partial charge < -0.3 is 5.32 Å². The van der Waals surface area contributed by atoms with E-state index in [1.807, 2.05) is 24.3 Å². The summed E-state index contributed by atoms with van der Waals surface area (Å²) in [6.07, 6.45) is 1.66. The van der Waals surface area contributed by atoms with Crippen LogP contribution in [0.15, 0.2) is 59.2 Å². The first kappa shape index (κ1) is 13.7. The standard InChI is InChI=1S/C16H10BrFN2O/c17-12-7-6-11(9-13(12)18)16(21)20-14-5-1-3-10-4-2-8-19-15(10)14/h1-9H,(H,20,21). The van der Waals surface area contributed by atoms with E-state index in [4.69, 9.17) is 0 Å². The Morgan fingerprint density at radius 1 is 1.14 bits per heavy atom. The Bertz CT molecular complexity index is 830. The number of fused-ring (bicyclic) bond motifs is 1. The van der Waals surface area contributed by atoms with Crippen LogP contribution in [0.2, 0.25) is 0 Å². The summed E-state index contributed by atoms with van der Waals surface area (Å²) in [4.78, 5) is 16.5. The van der Waals surface area contributed by atoms with Gasteiger partial charge in [0.15, 0.2) is 0 Å². The first-order valence-corrected chi connectivity index (χ1v) is 7.04. The fourth-order valence-corrected chi connectivity index (χ4v) is 2.28. The number of nitrogens with zero attached hydrogens (tertiary/aromatic N) is 1. The summed E-state index contributed by atoms with van der Waals surface area (Å²) in [6.45, 7) is 0. The summed E-state index contributed by atoms with van der Waals surface area (Å²) in [5.41, 5.74) is 1.55. The molecule has 2 aromatic carbocycles. The van der Waals surface area contributed by atoms with E-state index in [0.717, 1.165) is 5.39 Å². The Hall–Kier alpha value is -2.27. The highest BCUT2D eigenvalue weighted by molar-refractivity contribution is 9.10. The van der Waals surface area contributed by atoms with E-state index < -0.39 is 5.82 Å². The molecular formula is C16H10BrFN2O. The van der Waals surface area contributed by atoms with E-state index in [0.29, 0.717) is 15.7 Å². The maximum absolute atomic E-state index is 13.5. The molecule has 0 spiro atoms. The van der Waals surface area contributed by atoms with Crippen LogP contribution >= 0.6 is 15.9 Å². The van der Waals surface area contributed by atoms with Crippen LogP contribution in [0.5, 0.6) is 0 Å². The fourth-order valence-electron chi connectivity index (χ4n) is 2.04. The highest BCUT2D eigenvalue weighted by Crippen LogP contribution is 2.22. The van der Waals surface area contributed by atoms with E-state index >= 15 is 0 Å². The maximum atomic E-state index is 13.5. The highest BCUT2D eigenvalue weighted by atomic mass is 79.9. The van der Waals surface area contributed by atoms with E-state index in [-0.39, 0.29) is 11.5 Å². The number of carbonyl (C=O) groups is 1. The molecule has 0 saturated heterocycles. The summed E-state index contributed by atoms with van der Waals surface area (Å²) in [6, 6.07) is 13.5. The van der Waals surface area contributed by atoms with Crippen LogP contribution < -0.4 is 5.32 Å². The largest absolute Gasteiger partial charge is 0.320 e. The van der Waals surface area contributed by atoms with Crippen molar-refractivity contribution in [3.63, 3.8) is 0 Å². The lowest BCUT2D eigenvalue weighted by atomic mass is 10.1. The molecule has 3 aromatic rings. The number of halogens is 2. The van der Waals surface area contributed by atoms with Crippen LogP contribution in [0.25, 0.3) is 10.9 Å². The predicted octanol–water partition coefficient (Wildman–Crippen LogP) is 4.39. The molecule has 0 saturated carbocycles. The Balaban J connectivity index is 1.94. The summed E-state index contributed by atoms with van der Waals surface area (Å²) < 4.78 is 13.8. The second kappa shape index (κ2) is 5.61. The summed E-state index contributed by atoms with van der Waals surface area (Å²) in [5.74, 6) is -0.849. The van der Waals surface area contributed by atoms with Gasteiger partial charge in [0.2, 0.25) is 0 Å². The molecule has 3 rings (SSSR count). The van der Waals surface area contributed by atoms with Gasteiger partial charge in [0, 0.05) is 17.1 Å². The lowest BCUT2D eigenvalue weighted by molar-refractivity contribution is 0.102. The molecule has 0 aliphatic rings. The molecule has 3 nitrogen and oxygen atoms in total. The van der Waals surface area contributed by atoms with Gasteiger partial charge in [-0.2, -0.15) is 0 Å². The van der Waals surface area contributed by atoms with Crippen molar-refractivity contribution < 1.29 is 9.18 Å². The molecule has 1 N–H and O–H groups in total. The van der Waals surface area contributed by atoms with Gasteiger partial charge in [-0.25, -0.2) is 4.39 Å². The minimum atomic E-state index is -0.473. The first-order chi connectivity index (χ1) is 10.1. The Morgan fingerprint density at radius 2 is 1.95 bits per heavy atom. The minimum Gasteiger partial charge on any atom is -0.320 e. The number of para-hydroxylation sites is 1. The molecule has 1 aromatic heterocycles. The van der Waals surface area contributed by atoms with Gasteiger partial charge >= 0.3 is 0 Å². The van der Waals surface area contributed by atoms with Gasteiger partial charge in [0.1, 0.15) is 5.82 Å². The van der Waals surface area contributed by atoms with Gasteiger partial charge in [0.25, 0.3) is 5.91 Å². The van der Waals surface area contributed by atoms with Gasteiger partial charge in [-0.1, -0.05) is 18.2 Å². The third kappa shape index (κ3) is 2.78. The molecular weight excluding hydrogens is 335 g/mol. The molecule has 0 fully saturated rings. The van der Waals surface area contributed by atoms with Crippen molar-refractivity contribution in [2.24, 2.45) is 0 Å². The van der Waals surface area contributed by atoms with Crippen LogP contribution in [0, 0.1) is 5.82 Å². The summed E-state index contributed by atoms with van der Waals surface area (Å²) in [7, 11) is 0. The predicted molar refractivity (Wildman–Crippen MR) is 83.8 cm³/mol. The quantitative estimate of drug-likeness (QED) is 0.749. The number of aromatic nitrogens is 1. The summed E-state index contributed by atoms with van der Waals surface area (Å²) >= 11 is 3.06. The number of carbonyl (C=O) groups excluding carboxylic acids is 1. The average Bonchev–Trinajstić information content (AvgIpc) is 2.50. The molecule has 1 heterocycles. The zero-order valence-electron chi connectivity index (χ0n) is 10.8. The van der Waals surface area contributed by atoms with Crippen molar-refractivity contribution in [1.29, 1.82) is 0 Å². The zero-order valence-corrected chi connectivity index (χ0v) is 12.4. The molecule has 0 bridgehead atoms. The highest BCUT2D eigenvalue weighted by Gasteiger charge is 2.11. The zero-order chi connectivity index (χ0) is 14.8. The molecule has 0 unspecified atom stereocenters. The van der Waals surface area contributed by atoms with Crippen LogP contribution in [0.1, 0.15) is 10.4 Å². The molecule has 104 valence electrons. The van der Waals surface area contributed by atoms with Crippen molar-refractivity contribution in [1.82, 2.24) is 4.98 Å². The number of pyridine rings is 1. The van der Waals surface area contributed by atoms with Crippen molar-refractivity contribution in [2.45, 2.75) is 0 Å². The molecule has 0 radical (unpaired) electrons. The average molecular weight is 345 g/mol. The number of anilines is 1. The lowest BCUT2D eigenvalue weighted by Gasteiger charge is -2.08. The number of hydrogen-bond donors (Lipinski definition) is 1. The number of amides is 1. The number of rotatable bonds is 2. The van der Waals surface area contributed by atoms with E-state index in [1.54, 1.807) is 18.3 Å². The first-order valence-electron chi connectivity index (χ1n) is 6.25. The van der Waals surface area contributed by atoms with Crippen molar-refractivity contribution in [3.05, 3.63) is 70.6 Å². The maximum Gasteiger partial charge on any atom is 0.255 e. The Kier molecular flexibility index (Phi) is 3.66. The molecule has 0 aliphatic carbocycles. The second-order valence-electron chi connectivity index (χ2n) is 4.46. The van der Waals surface area contributed by atoms with Gasteiger partial charge in [-0.3, -0.25) is 9.78 Å². The van der Waals surface area contributed by atoms with Crippen LogP contribution in [-0.4, -0.2) is 10.9 Å². The number of benzene rings is 2. The lowest BCUT2D eigenvalue weighted by Crippen LogP contribution is -2.12. The smallest absolute Gasteiger partial charge is 0.255 e. The topological polar surface area (TPSA) is 42.0 Å². The van der Waals surface area contributed by atoms with E-state index in [9.17, 15) is 9.18 Å². The monoisotopic (exact) mass is 344 g/mol. The van der Waals surface area contributed by atoms with E-state index in [1.165, 1.54) is 12.1 Å². The van der Waals surface area contributed by atoms with Gasteiger partial charge in [-0.15, -0.1) is 0 Å². The molecule has 1 amide bonds. The number of nitrogens with one attached hydrogen (secondary N) is 1. The van der Waals surface area contributed by atoms with Crippen molar-refractivity contribution in [2.75, 3.05) is 5.32 Å². The fraction of sp³-hybridized carbons (Fsp3) is 0. The van der Waals surface area contributed by atoms with Crippen LogP contribution in [-0.2, 0) is 0 Å². The summed E-state index contributed by atoms with van der Waals surface area (Å²) in [5, 5.41) is 3.69. The molecule has 0 aliphatic heterocycles. The van der Waals surface area contributed by atoms with Crippen LogP contribution in [0.3, 0.4) is 0 Å². The SMILES string of the molecule is O=C(Nc1cccc2cccnc12)c1ccc(Br)c(F)c1. The molecule has 5 heteroatoms. The Morgan fingerprint density at radius 3 is 2.76 bits per heavy atom. The van der Waals surface area contributed by atoms with Crippen molar-refractivity contribution in [3.8, 4) is 0 Å². The van der Waals surface area contributed by atoms with Gasteiger partial charge in [-0.05, 0) is 46.3 Å². The Labute approximate surface area is 128 Å².